The van der Waals surface area contributed by atoms with Gasteiger partial charge in [0.1, 0.15) is 11.6 Å². The summed E-state index contributed by atoms with van der Waals surface area (Å²) < 4.78 is 26.5. The number of alkyl halides is 1. The van der Waals surface area contributed by atoms with E-state index >= 15 is 0 Å². The van der Waals surface area contributed by atoms with E-state index in [1.807, 2.05) is 0 Å². The highest BCUT2D eigenvalue weighted by molar-refractivity contribution is 6.20. The summed E-state index contributed by atoms with van der Waals surface area (Å²) in [7, 11) is 0. The largest absolute Gasteiger partial charge is 0.207 e. The van der Waals surface area contributed by atoms with Gasteiger partial charge in [-0.2, -0.15) is 0 Å². The van der Waals surface area contributed by atoms with Crippen molar-refractivity contribution in [2.75, 3.05) is 0 Å². The first-order valence-electron chi connectivity index (χ1n) is 4.16. The van der Waals surface area contributed by atoms with E-state index < -0.39 is 17.0 Å². The molecule has 72 valence electrons. The molecule has 0 bridgehead atoms. The third-order valence-electron chi connectivity index (χ3n) is 1.99. The lowest BCUT2D eigenvalue weighted by Crippen LogP contribution is -2.00. The maximum Gasteiger partial charge on any atom is 0.133 e. The monoisotopic (exact) mass is 204 g/mol. The van der Waals surface area contributed by atoms with Crippen molar-refractivity contribution in [3.63, 3.8) is 0 Å². The van der Waals surface area contributed by atoms with Gasteiger partial charge < -0.3 is 0 Å². The molecule has 0 fully saturated rings. The lowest BCUT2D eigenvalue weighted by molar-refractivity contribution is 0.544. The SMILES string of the molecule is CCC(Cl)c1c(F)ccc(C)c1F. The second-order valence-corrected chi connectivity index (χ2v) is 3.49. The van der Waals surface area contributed by atoms with Gasteiger partial charge in [0.2, 0.25) is 0 Å². The van der Waals surface area contributed by atoms with E-state index in [1.165, 1.54) is 12.1 Å². The summed E-state index contributed by atoms with van der Waals surface area (Å²) in [6.07, 6.45) is 0.513. The van der Waals surface area contributed by atoms with Gasteiger partial charge in [0.25, 0.3) is 0 Å². The summed E-state index contributed by atoms with van der Waals surface area (Å²) in [6.45, 7) is 3.39. The van der Waals surface area contributed by atoms with Crippen molar-refractivity contribution < 1.29 is 8.78 Å². The molecule has 0 saturated carbocycles. The lowest BCUT2D eigenvalue weighted by Gasteiger charge is -2.10. The predicted octanol–water partition coefficient (Wildman–Crippen LogP) is 3.96. The minimum Gasteiger partial charge on any atom is -0.207 e. The number of halogens is 3. The molecule has 0 aliphatic rings. The van der Waals surface area contributed by atoms with Crippen molar-refractivity contribution in [2.45, 2.75) is 25.6 Å². The Labute approximate surface area is 81.5 Å². The number of aryl methyl sites for hydroxylation is 1. The Morgan fingerprint density at radius 2 is 2.00 bits per heavy atom. The van der Waals surface area contributed by atoms with Crippen LogP contribution in [0, 0.1) is 18.6 Å². The molecule has 0 radical (unpaired) electrons. The topological polar surface area (TPSA) is 0 Å². The van der Waals surface area contributed by atoms with E-state index in [9.17, 15) is 8.78 Å². The van der Waals surface area contributed by atoms with Crippen molar-refractivity contribution >= 4 is 11.6 Å². The van der Waals surface area contributed by atoms with Crippen molar-refractivity contribution in [2.24, 2.45) is 0 Å². The zero-order valence-corrected chi connectivity index (χ0v) is 8.33. The summed E-state index contributed by atoms with van der Waals surface area (Å²) in [5.41, 5.74) is 0.416. The molecule has 0 aromatic heterocycles. The van der Waals surface area contributed by atoms with E-state index in [1.54, 1.807) is 13.8 Å². The van der Waals surface area contributed by atoms with Crippen molar-refractivity contribution in [1.82, 2.24) is 0 Å². The van der Waals surface area contributed by atoms with Crippen LogP contribution in [0.25, 0.3) is 0 Å². The molecule has 0 aliphatic heterocycles. The highest BCUT2D eigenvalue weighted by Gasteiger charge is 2.17. The van der Waals surface area contributed by atoms with Crippen LogP contribution < -0.4 is 0 Å². The van der Waals surface area contributed by atoms with Gasteiger partial charge in [-0.05, 0) is 25.0 Å². The fourth-order valence-corrected chi connectivity index (χ4v) is 1.37. The second-order valence-electron chi connectivity index (χ2n) is 2.97. The molecular weight excluding hydrogens is 194 g/mol. The molecule has 1 unspecified atom stereocenters. The van der Waals surface area contributed by atoms with Crippen molar-refractivity contribution in [3.05, 3.63) is 34.9 Å². The minimum atomic E-state index is -0.583. The highest BCUT2D eigenvalue weighted by atomic mass is 35.5. The zero-order valence-electron chi connectivity index (χ0n) is 7.57. The Balaban J connectivity index is 3.25. The lowest BCUT2D eigenvalue weighted by atomic mass is 10.1. The van der Waals surface area contributed by atoms with E-state index in [-0.39, 0.29) is 5.56 Å². The van der Waals surface area contributed by atoms with Crippen LogP contribution in [0.5, 0.6) is 0 Å². The van der Waals surface area contributed by atoms with Gasteiger partial charge in [-0.1, -0.05) is 13.0 Å². The third kappa shape index (κ3) is 1.99. The molecule has 0 spiro atoms. The number of hydrogen-bond acceptors (Lipinski definition) is 0. The average Bonchev–Trinajstić information content (AvgIpc) is 2.12. The fourth-order valence-electron chi connectivity index (χ4n) is 1.17. The van der Waals surface area contributed by atoms with Gasteiger partial charge in [0.05, 0.1) is 5.38 Å². The van der Waals surface area contributed by atoms with Gasteiger partial charge in [-0.3, -0.25) is 0 Å². The first-order valence-corrected chi connectivity index (χ1v) is 4.60. The average molecular weight is 205 g/mol. The Kier molecular flexibility index (Phi) is 3.26. The van der Waals surface area contributed by atoms with E-state index in [0.717, 1.165) is 0 Å². The van der Waals surface area contributed by atoms with E-state index in [2.05, 4.69) is 0 Å². The third-order valence-corrected chi connectivity index (χ3v) is 2.52. The van der Waals surface area contributed by atoms with Gasteiger partial charge in [0.15, 0.2) is 0 Å². The molecule has 0 heterocycles. The van der Waals surface area contributed by atoms with Gasteiger partial charge in [-0.15, -0.1) is 11.6 Å². The number of benzene rings is 1. The Morgan fingerprint density at radius 1 is 1.38 bits per heavy atom. The molecule has 0 N–H and O–H groups in total. The molecule has 0 saturated heterocycles. The first-order chi connectivity index (χ1) is 6.07. The summed E-state index contributed by atoms with van der Waals surface area (Å²) in [5, 5.41) is -0.583. The summed E-state index contributed by atoms with van der Waals surface area (Å²) in [4.78, 5) is 0. The molecule has 0 nitrogen and oxygen atoms in total. The Hall–Kier alpha value is -0.630. The molecule has 13 heavy (non-hydrogen) atoms. The van der Waals surface area contributed by atoms with Crippen molar-refractivity contribution in [3.8, 4) is 0 Å². The normalized spacial score (nSPS) is 13.0. The van der Waals surface area contributed by atoms with Crippen LogP contribution in [0.4, 0.5) is 8.78 Å². The van der Waals surface area contributed by atoms with Crippen LogP contribution in [0.3, 0.4) is 0 Å². The van der Waals surface area contributed by atoms with Crippen LogP contribution >= 0.6 is 11.6 Å². The minimum absolute atomic E-state index is 0.0100. The predicted molar refractivity (Wildman–Crippen MR) is 50.0 cm³/mol. The molecule has 0 amide bonds. The highest BCUT2D eigenvalue weighted by Crippen LogP contribution is 2.29. The van der Waals surface area contributed by atoms with Crippen LogP contribution in [-0.2, 0) is 0 Å². The fraction of sp³-hybridized carbons (Fsp3) is 0.400. The molecule has 1 rings (SSSR count). The number of rotatable bonds is 2. The summed E-state index contributed by atoms with van der Waals surface area (Å²) in [6, 6.07) is 2.66. The second kappa shape index (κ2) is 4.05. The summed E-state index contributed by atoms with van der Waals surface area (Å²) in [5.74, 6) is -1.09. The molecule has 1 atom stereocenters. The Bertz CT molecular complexity index is 310. The van der Waals surface area contributed by atoms with Crippen LogP contribution in [-0.4, -0.2) is 0 Å². The molecule has 1 aromatic rings. The van der Waals surface area contributed by atoms with Gasteiger partial charge in [-0.25, -0.2) is 8.78 Å². The van der Waals surface area contributed by atoms with E-state index in [0.29, 0.717) is 12.0 Å². The first kappa shape index (κ1) is 10.5. The van der Waals surface area contributed by atoms with Crippen LogP contribution in [0.15, 0.2) is 12.1 Å². The quantitative estimate of drug-likeness (QED) is 0.640. The maximum absolute atomic E-state index is 13.4. The number of hydrogen-bond donors (Lipinski definition) is 0. The van der Waals surface area contributed by atoms with Crippen molar-refractivity contribution in [1.29, 1.82) is 0 Å². The van der Waals surface area contributed by atoms with Crippen LogP contribution in [0.2, 0.25) is 0 Å². The molecule has 1 aromatic carbocycles. The summed E-state index contributed by atoms with van der Waals surface area (Å²) >= 11 is 5.79. The van der Waals surface area contributed by atoms with Crippen LogP contribution in [0.1, 0.15) is 29.8 Å². The standard InChI is InChI=1S/C10H11ClF2/c1-3-7(11)9-8(12)5-4-6(2)10(9)13/h4-5,7H,3H2,1-2H3. The van der Waals surface area contributed by atoms with Gasteiger partial charge in [0, 0.05) is 5.56 Å². The molecular formula is C10H11ClF2. The molecule has 0 aliphatic carbocycles. The molecule has 3 heteroatoms. The Morgan fingerprint density at radius 3 is 2.54 bits per heavy atom. The maximum atomic E-state index is 13.4. The smallest absolute Gasteiger partial charge is 0.133 e. The van der Waals surface area contributed by atoms with E-state index in [4.69, 9.17) is 11.6 Å². The zero-order chi connectivity index (χ0) is 10.0. The van der Waals surface area contributed by atoms with Gasteiger partial charge >= 0.3 is 0 Å².